The van der Waals surface area contributed by atoms with Crippen molar-refractivity contribution < 1.29 is 0 Å². The van der Waals surface area contributed by atoms with Crippen LogP contribution in [-0.4, -0.2) is 14.5 Å². The summed E-state index contributed by atoms with van der Waals surface area (Å²) >= 11 is 4.82. The maximum atomic E-state index is 12.2. The van der Waals surface area contributed by atoms with Crippen LogP contribution < -0.4 is 11.1 Å². The van der Waals surface area contributed by atoms with Crippen LogP contribution in [0.4, 0.5) is 0 Å². The Balaban J connectivity index is 2.12. The summed E-state index contributed by atoms with van der Waals surface area (Å²) in [5.74, 6) is 0.481. The molecule has 3 rings (SSSR count). The fourth-order valence-electron chi connectivity index (χ4n) is 2.16. The van der Waals surface area contributed by atoms with Crippen molar-refractivity contribution in [3.05, 3.63) is 59.8 Å². The number of nitrogens with zero attached hydrogens (tertiary/aromatic N) is 2. The summed E-state index contributed by atoms with van der Waals surface area (Å²) in [5.41, 5.74) is 0.675. The molecule has 0 bridgehead atoms. The summed E-state index contributed by atoms with van der Waals surface area (Å²) in [7, 11) is 0. The van der Waals surface area contributed by atoms with Gasteiger partial charge >= 0.3 is 0 Å². The highest BCUT2D eigenvalue weighted by atomic mass is 79.9. The van der Waals surface area contributed by atoms with Crippen molar-refractivity contribution in [3.8, 4) is 0 Å². The molecule has 0 fully saturated rings. The average Bonchev–Trinajstić information content (AvgIpc) is 2.70. The number of hydrogen-bond donors (Lipinski definition) is 1. The quantitative estimate of drug-likeness (QED) is 0.758. The average molecular weight is 366 g/mol. The van der Waals surface area contributed by atoms with Crippen molar-refractivity contribution in [2.24, 2.45) is 0 Å². The van der Waals surface area contributed by atoms with E-state index in [1.807, 2.05) is 13.8 Å². The van der Waals surface area contributed by atoms with Crippen LogP contribution in [-0.2, 0) is 6.54 Å². The standard InChI is InChI=1S/C14H12BrN3O2S/c1-7-8(2)21-14-12(7)13(20)16-10(17-14)6-18-5-9(15)3-4-11(18)19/h3-5H,6H2,1-2H3,(H,16,17,20). The molecule has 5 nitrogen and oxygen atoms in total. The van der Waals surface area contributed by atoms with Gasteiger partial charge in [-0.05, 0) is 41.4 Å². The Morgan fingerprint density at radius 1 is 1.33 bits per heavy atom. The number of rotatable bonds is 2. The van der Waals surface area contributed by atoms with E-state index in [0.29, 0.717) is 16.0 Å². The highest BCUT2D eigenvalue weighted by Crippen LogP contribution is 2.25. The van der Waals surface area contributed by atoms with Gasteiger partial charge in [-0.3, -0.25) is 9.59 Å². The number of thiophene rings is 1. The van der Waals surface area contributed by atoms with Gasteiger partial charge in [-0.2, -0.15) is 0 Å². The predicted molar refractivity (Wildman–Crippen MR) is 87.2 cm³/mol. The SMILES string of the molecule is Cc1sc2nc(Cn3cc(Br)ccc3=O)[nH]c(=O)c2c1C. The first kappa shape index (κ1) is 14.2. The van der Waals surface area contributed by atoms with E-state index in [0.717, 1.165) is 14.9 Å². The summed E-state index contributed by atoms with van der Waals surface area (Å²) in [6.07, 6.45) is 1.68. The van der Waals surface area contributed by atoms with Crippen LogP contribution in [0.15, 0.2) is 32.4 Å². The van der Waals surface area contributed by atoms with Gasteiger partial charge in [0.15, 0.2) is 0 Å². The number of hydrogen-bond acceptors (Lipinski definition) is 4. The number of aromatic amines is 1. The number of H-pyrrole nitrogens is 1. The number of nitrogens with one attached hydrogen (secondary N) is 1. The summed E-state index contributed by atoms with van der Waals surface area (Å²) in [6.45, 7) is 4.13. The normalized spacial score (nSPS) is 11.2. The summed E-state index contributed by atoms with van der Waals surface area (Å²) in [5, 5.41) is 0.642. The van der Waals surface area contributed by atoms with Crippen LogP contribution >= 0.6 is 27.3 Å². The van der Waals surface area contributed by atoms with E-state index in [9.17, 15) is 9.59 Å². The zero-order valence-corrected chi connectivity index (χ0v) is 13.8. The van der Waals surface area contributed by atoms with Gasteiger partial charge in [-0.15, -0.1) is 11.3 Å². The fourth-order valence-corrected chi connectivity index (χ4v) is 3.59. The van der Waals surface area contributed by atoms with Gasteiger partial charge in [-0.1, -0.05) is 0 Å². The lowest BCUT2D eigenvalue weighted by Gasteiger charge is -2.05. The van der Waals surface area contributed by atoms with Gasteiger partial charge in [-0.25, -0.2) is 4.98 Å². The van der Waals surface area contributed by atoms with E-state index in [1.54, 1.807) is 12.3 Å². The van der Waals surface area contributed by atoms with Crippen molar-refractivity contribution in [3.63, 3.8) is 0 Å². The molecule has 0 amide bonds. The predicted octanol–water partition coefficient (Wildman–Crippen LogP) is 2.57. The molecular formula is C14H12BrN3O2S. The molecule has 0 unspecified atom stereocenters. The molecule has 21 heavy (non-hydrogen) atoms. The van der Waals surface area contributed by atoms with Crippen LogP contribution in [0, 0.1) is 13.8 Å². The number of pyridine rings is 1. The smallest absolute Gasteiger partial charge is 0.259 e. The topological polar surface area (TPSA) is 67.8 Å². The van der Waals surface area contributed by atoms with Crippen molar-refractivity contribution >= 4 is 37.5 Å². The van der Waals surface area contributed by atoms with Gasteiger partial charge in [0.2, 0.25) is 0 Å². The van der Waals surface area contributed by atoms with Crippen LogP contribution in [0.3, 0.4) is 0 Å². The molecule has 0 aliphatic carbocycles. The van der Waals surface area contributed by atoms with Crippen molar-refractivity contribution in [2.45, 2.75) is 20.4 Å². The molecule has 3 aromatic rings. The van der Waals surface area contributed by atoms with E-state index in [-0.39, 0.29) is 17.7 Å². The van der Waals surface area contributed by atoms with Crippen LogP contribution in [0.1, 0.15) is 16.3 Å². The van der Waals surface area contributed by atoms with E-state index < -0.39 is 0 Å². The van der Waals surface area contributed by atoms with Gasteiger partial charge < -0.3 is 9.55 Å². The Labute approximate surface area is 132 Å². The number of aryl methyl sites for hydroxylation is 2. The van der Waals surface area contributed by atoms with E-state index in [2.05, 4.69) is 25.9 Å². The molecule has 3 heterocycles. The first-order valence-corrected chi connectivity index (χ1v) is 7.91. The Hall–Kier alpha value is -1.73. The minimum Gasteiger partial charge on any atom is -0.308 e. The Kier molecular flexibility index (Phi) is 3.54. The molecule has 0 radical (unpaired) electrons. The first-order valence-electron chi connectivity index (χ1n) is 6.30. The Morgan fingerprint density at radius 3 is 2.86 bits per heavy atom. The van der Waals surface area contributed by atoms with Crippen molar-refractivity contribution in [1.29, 1.82) is 0 Å². The molecule has 0 spiro atoms. The third-order valence-corrected chi connectivity index (χ3v) is 4.93. The number of fused-ring (bicyclic) bond motifs is 1. The van der Waals surface area contributed by atoms with Gasteiger partial charge in [0.25, 0.3) is 11.1 Å². The molecule has 1 N–H and O–H groups in total. The first-order chi connectivity index (χ1) is 9.95. The lowest BCUT2D eigenvalue weighted by molar-refractivity contribution is 0.714. The lowest BCUT2D eigenvalue weighted by Crippen LogP contribution is -2.22. The van der Waals surface area contributed by atoms with Crippen molar-refractivity contribution in [2.75, 3.05) is 0 Å². The Bertz CT molecular complexity index is 955. The van der Waals surface area contributed by atoms with Crippen LogP contribution in [0.25, 0.3) is 10.2 Å². The van der Waals surface area contributed by atoms with Crippen molar-refractivity contribution in [1.82, 2.24) is 14.5 Å². The molecular weight excluding hydrogens is 354 g/mol. The largest absolute Gasteiger partial charge is 0.308 e. The molecule has 0 saturated carbocycles. The Morgan fingerprint density at radius 2 is 2.10 bits per heavy atom. The maximum absolute atomic E-state index is 12.2. The van der Waals surface area contributed by atoms with E-state index in [4.69, 9.17) is 0 Å². The lowest BCUT2D eigenvalue weighted by atomic mass is 10.2. The van der Waals surface area contributed by atoms with Crippen LogP contribution in [0.2, 0.25) is 0 Å². The highest BCUT2D eigenvalue weighted by molar-refractivity contribution is 9.10. The third-order valence-electron chi connectivity index (χ3n) is 3.36. The van der Waals surface area contributed by atoms with Crippen LogP contribution in [0.5, 0.6) is 0 Å². The third kappa shape index (κ3) is 2.58. The second kappa shape index (κ2) is 5.23. The summed E-state index contributed by atoms with van der Waals surface area (Å²) < 4.78 is 2.30. The second-order valence-electron chi connectivity index (χ2n) is 4.79. The highest BCUT2D eigenvalue weighted by Gasteiger charge is 2.12. The van der Waals surface area contributed by atoms with Gasteiger partial charge in [0.1, 0.15) is 10.7 Å². The zero-order chi connectivity index (χ0) is 15.1. The maximum Gasteiger partial charge on any atom is 0.259 e. The minimum atomic E-state index is -0.153. The molecule has 0 aliphatic heterocycles. The monoisotopic (exact) mass is 365 g/mol. The number of aromatic nitrogens is 3. The zero-order valence-electron chi connectivity index (χ0n) is 11.4. The second-order valence-corrected chi connectivity index (χ2v) is 6.91. The summed E-state index contributed by atoms with van der Waals surface area (Å²) in [4.78, 5) is 33.0. The molecule has 0 saturated heterocycles. The minimum absolute atomic E-state index is 0.139. The van der Waals surface area contributed by atoms with Gasteiger partial charge in [0.05, 0.1) is 11.9 Å². The molecule has 108 valence electrons. The molecule has 0 aliphatic rings. The van der Waals surface area contributed by atoms with Gasteiger partial charge in [0, 0.05) is 21.6 Å². The number of halogens is 1. The fraction of sp³-hybridized carbons (Fsp3) is 0.214. The summed E-state index contributed by atoms with van der Waals surface area (Å²) in [6, 6.07) is 3.16. The van der Waals surface area contributed by atoms with E-state index in [1.165, 1.54) is 22.0 Å². The molecule has 3 aromatic heterocycles. The molecule has 0 aromatic carbocycles. The molecule has 0 atom stereocenters. The molecule has 7 heteroatoms. The van der Waals surface area contributed by atoms with E-state index >= 15 is 0 Å².